The number of amidine groups is 1. The van der Waals surface area contributed by atoms with E-state index in [-0.39, 0.29) is 12.0 Å². The lowest BCUT2D eigenvalue weighted by atomic mass is 9.81. The van der Waals surface area contributed by atoms with Crippen LogP contribution in [-0.2, 0) is 12.8 Å². The van der Waals surface area contributed by atoms with Crippen LogP contribution in [0.2, 0.25) is 0 Å². The third-order valence-electron chi connectivity index (χ3n) is 12.7. The average Bonchev–Trinajstić information content (AvgIpc) is 3.58. The zero-order valence-corrected chi connectivity index (χ0v) is 31.7. The first-order valence-electron chi connectivity index (χ1n) is 20.2. The molecule has 7 aromatic carbocycles. The highest BCUT2D eigenvalue weighted by molar-refractivity contribution is 6.24. The van der Waals surface area contributed by atoms with Crippen LogP contribution in [0.15, 0.2) is 174 Å². The number of hydrogen-bond acceptors (Lipinski definition) is 3. The minimum Gasteiger partial charge on any atom is -0.310 e. The van der Waals surface area contributed by atoms with E-state index in [0.29, 0.717) is 0 Å². The van der Waals surface area contributed by atoms with E-state index < -0.39 is 0 Å². The molecule has 270 valence electrons. The summed E-state index contributed by atoms with van der Waals surface area (Å²) in [5.41, 5.74) is 18.6. The van der Waals surface area contributed by atoms with E-state index in [4.69, 9.17) is 15.0 Å². The number of pyridine rings is 1. The Kier molecular flexibility index (Phi) is 7.12. The van der Waals surface area contributed by atoms with Crippen molar-refractivity contribution in [2.24, 2.45) is 15.9 Å². The summed E-state index contributed by atoms with van der Waals surface area (Å²) in [6, 6.07) is 57.4. The monoisotopic (exact) mass is 730 g/mol. The van der Waals surface area contributed by atoms with Crippen molar-refractivity contribution < 1.29 is 0 Å². The van der Waals surface area contributed by atoms with E-state index in [1.165, 1.54) is 83.1 Å². The lowest BCUT2D eigenvalue weighted by molar-refractivity contribution is 0.533. The first-order valence-corrected chi connectivity index (χ1v) is 20.2. The van der Waals surface area contributed by atoms with Gasteiger partial charge in [0.1, 0.15) is 0 Å². The zero-order chi connectivity index (χ0) is 37.6. The Bertz CT molecular complexity index is 3170. The fourth-order valence-corrected chi connectivity index (χ4v) is 10.2. The Morgan fingerprint density at radius 2 is 1.35 bits per heavy atom. The van der Waals surface area contributed by atoms with Gasteiger partial charge in [-0.15, -0.1) is 0 Å². The summed E-state index contributed by atoms with van der Waals surface area (Å²) in [4.78, 5) is 16.0. The molecule has 2 unspecified atom stereocenters. The van der Waals surface area contributed by atoms with Crippen LogP contribution in [0.4, 0.5) is 0 Å². The van der Waals surface area contributed by atoms with E-state index in [1.54, 1.807) is 0 Å². The molecule has 12 rings (SSSR count). The van der Waals surface area contributed by atoms with E-state index in [9.17, 15) is 0 Å². The van der Waals surface area contributed by atoms with Gasteiger partial charge in [0.05, 0.1) is 28.5 Å². The standard InChI is InChI=1S/C53H38N4/c1-2-36-49(33-15-5-3-6-16-33)55-53(34-17-7-4-8-18-34)56-51(36)42-27-29-44(40-24-12-11-23-39(40)42)57-45-28-26-32-19-13-25-41-37-21-9-10-22-38(37)43-31-35-20-14-30-54-50(35)52(57)47(43)48(45)46(32)41/h3-25,27,29-31,36,49H,2,26,28H2,1H3. The number of fused-ring (bicyclic) bond motifs is 6. The molecular formula is C53H38N4. The summed E-state index contributed by atoms with van der Waals surface area (Å²) < 4.78 is 2.59. The second-order valence-electron chi connectivity index (χ2n) is 15.6. The van der Waals surface area contributed by atoms with Crippen molar-refractivity contribution in [3.05, 3.63) is 192 Å². The van der Waals surface area contributed by atoms with Gasteiger partial charge in [-0.25, -0.2) is 4.99 Å². The molecule has 0 N–H and O–H groups in total. The van der Waals surface area contributed by atoms with Crippen molar-refractivity contribution >= 4 is 44.1 Å². The molecule has 0 saturated carbocycles. The second kappa shape index (κ2) is 12.6. The molecule has 57 heavy (non-hydrogen) atoms. The Labute approximate surface area is 331 Å². The highest BCUT2D eigenvalue weighted by Crippen LogP contribution is 2.55. The number of rotatable bonds is 5. The number of nitrogens with zero attached hydrogens (tertiary/aromatic N) is 4. The van der Waals surface area contributed by atoms with Crippen LogP contribution >= 0.6 is 0 Å². The Morgan fingerprint density at radius 1 is 0.614 bits per heavy atom. The van der Waals surface area contributed by atoms with E-state index in [2.05, 4.69) is 169 Å². The molecule has 0 spiro atoms. The van der Waals surface area contributed by atoms with Gasteiger partial charge in [0.15, 0.2) is 5.84 Å². The molecule has 0 amide bonds. The summed E-state index contributed by atoms with van der Waals surface area (Å²) in [7, 11) is 0. The Morgan fingerprint density at radius 3 is 2.18 bits per heavy atom. The van der Waals surface area contributed by atoms with Gasteiger partial charge in [-0.2, -0.15) is 0 Å². The molecule has 2 aliphatic carbocycles. The van der Waals surface area contributed by atoms with Gasteiger partial charge >= 0.3 is 0 Å². The van der Waals surface area contributed by atoms with Gasteiger partial charge in [0, 0.05) is 50.7 Å². The highest BCUT2D eigenvalue weighted by Gasteiger charge is 2.35. The van der Waals surface area contributed by atoms with Crippen molar-refractivity contribution in [2.45, 2.75) is 32.2 Å². The van der Waals surface area contributed by atoms with Crippen LogP contribution in [0.5, 0.6) is 0 Å². The largest absolute Gasteiger partial charge is 0.310 e. The topological polar surface area (TPSA) is 42.5 Å². The fourth-order valence-electron chi connectivity index (χ4n) is 10.2. The molecule has 2 atom stereocenters. The van der Waals surface area contributed by atoms with Gasteiger partial charge in [-0.3, -0.25) is 9.98 Å². The number of benzene rings is 7. The first-order chi connectivity index (χ1) is 28.3. The third-order valence-corrected chi connectivity index (χ3v) is 12.7. The lowest BCUT2D eigenvalue weighted by Gasteiger charge is -2.30. The fraction of sp³-hybridized carbons (Fsp3) is 0.113. The summed E-state index contributed by atoms with van der Waals surface area (Å²) in [5.74, 6) is 0.898. The van der Waals surface area contributed by atoms with Crippen LogP contribution in [0.25, 0.3) is 71.6 Å². The Balaban J connectivity index is 1.16. The maximum absolute atomic E-state index is 5.48. The summed E-state index contributed by atoms with van der Waals surface area (Å²) in [6.07, 6.45) is 4.80. The normalized spacial score (nSPS) is 16.6. The highest BCUT2D eigenvalue weighted by atomic mass is 15.0. The van der Waals surface area contributed by atoms with Gasteiger partial charge in [0.2, 0.25) is 0 Å². The van der Waals surface area contributed by atoms with Crippen molar-refractivity contribution in [1.82, 2.24) is 9.55 Å². The van der Waals surface area contributed by atoms with Gasteiger partial charge in [0.25, 0.3) is 0 Å². The molecule has 4 nitrogen and oxygen atoms in total. The molecule has 4 heteroatoms. The lowest BCUT2D eigenvalue weighted by Crippen LogP contribution is -2.28. The van der Waals surface area contributed by atoms with E-state index >= 15 is 0 Å². The van der Waals surface area contributed by atoms with Gasteiger partial charge < -0.3 is 4.57 Å². The minimum atomic E-state index is -0.0451. The van der Waals surface area contributed by atoms with E-state index in [1.807, 2.05) is 6.20 Å². The molecule has 9 aromatic rings. The van der Waals surface area contributed by atoms with Crippen molar-refractivity contribution in [1.29, 1.82) is 0 Å². The molecule has 0 bridgehead atoms. The zero-order valence-electron chi connectivity index (χ0n) is 31.7. The number of aryl methyl sites for hydroxylation is 1. The number of aromatic nitrogens is 2. The molecule has 3 aliphatic rings. The second-order valence-corrected chi connectivity index (χ2v) is 15.6. The molecule has 0 radical (unpaired) electrons. The van der Waals surface area contributed by atoms with Crippen LogP contribution < -0.4 is 0 Å². The van der Waals surface area contributed by atoms with Gasteiger partial charge in [-0.05, 0) is 81.8 Å². The van der Waals surface area contributed by atoms with Crippen LogP contribution in [0.3, 0.4) is 0 Å². The minimum absolute atomic E-state index is 0.0451. The molecule has 0 saturated heterocycles. The molecule has 2 aromatic heterocycles. The number of aliphatic imine (C=N–C) groups is 2. The van der Waals surface area contributed by atoms with Crippen molar-refractivity contribution in [3.8, 4) is 39.1 Å². The van der Waals surface area contributed by atoms with Crippen LogP contribution in [0.1, 0.15) is 47.3 Å². The predicted molar refractivity (Wildman–Crippen MR) is 236 cm³/mol. The van der Waals surface area contributed by atoms with Crippen molar-refractivity contribution in [3.63, 3.8) is 0 Å². The van der Waals surface area contributed by atoms with Crippen LogP contribution in [0, 0.1) is 5.92 Å². The first kappa shape index (κ1) is 32.3. The quantitative estimate of drug-likeness (QED) is 0.174. The smallest absolute Gasteiger partial charge is 0.155 e. The number of hydrogen-bond donors (Lipinski definition) is 0. The molecule has 3 heterocycles. The average molecular weight is 731 g/mol. The van der Waals surface area contributed by atoms with Crippen LogP contribution in [-0.4, -0.2) is 21.1 Å². The van der Waals surface area contributed by atoms with Gasteiger partial charge in [-0.1, -0.05) is 146 Å². The maximum atomic E-state index is 5.48. The maximum Gasteiger partial charge on any atom is 0.155 e. The summed E-state index contributed by atoms with van der Waals surface area (Å²) >= 11 is 0. The summed E-state index contributed by atoms with van der Waals surface area (Å²) in [5, 5.41) is 4.87. The third kappa shape index (κ3) is 4.71. The molecular weight excluding hydrogens is 693 g/mol. The van der Waals surface area contributed by atoms with E-state index in [0.717, 1.165) is 47.3 Å². The predicted octanol–water partition coefficient (Wildman–Crippen LogP) is 12.8. The molecule has 1 aliphatic heterocycles. The molecule has 0 fully saturated rings. The summed E-state index contributed by atoms with van der Waals surface area (Å²) in [6.45, 7) is 2.28. The van der Waals surface area contributed by atoms with Crippen molar-refractivity contribution in [2.75, 3.05) is 0 Å². The Hall–Kier alpha value is -6.91. The SMILES string of the molecule is CCC1C(c2ccc(-n3c4c5c6c(cc7cccnc7c63)-c3ccccc3-c3cccc(c3-5)CC4)c3ccccc23)=NC(c2ccccc2)=NC1c1ccccc1.